The summed E-state index contributed by atoms with van der Waals surface area (Å²) >= 11 is 7.55. The molecule has 0 aliphatic rings. The van der Waals surface area contributed by atoms with Gasteiger partial charge in [-0.15, -0.1) is 11.8 Å². The monoisotopic (exact) mass is 231 g/mol. The van der Waals surface area contributed by atoms with Crippen LogP contribution < -0.4 is 5.73 Å². The first-order chi connectivity index (χ1) is 6.72. The molecule has 0 heterocycles. The maximum atomic E-state index is 5.85. The summed E-state index contributed by atoms with van der Waals surface area (Å²) in [7, 11) is 1.66. The highest BCUT2D eigenvalue weighted by atomic mass is 35.5. The molecule has 0 bridgehead atoms. The summed E-state index contributed by atoms with van der Waals surface area (Å²) < 4.78 is 4.95. The van der Waals surface area contributed by atoms with E-state index in [4.69, 9.17) is 22.1 Å². The number of nitrogens with two attached hydrogens (primary N) is 1. The van der Waals surface area contributed by atoms with Crippen molar-refractivity contribution in [2.24, 2.45) is 5.73 Å². The summed E-state index contributed by atoms with van der Waals surface area (Å²) in [6, 6.07) is 7.83. The average Bonchev–Trinajstić information content (AvgIpc) is 2.15. The standard InChI is InChI=1S/C10H14ClNOS/c1-13-6-9(12)7-14-10-4-2-3-8(11)5-10/h2-5,9H,6-7,12H2,1H3. The minimum absolute atomic E-state index is 0.0731. The van der Waals surface area contributed by atoms with Crippen molar-refractivity contribution < 1.29 is 4.74 Å². The highest BCUT2D eigenvalue weighted by Gasteiger charge is 2.02. The molecule has 0 saturated heterocycles. The highest BCUT2D eigenvalue weighted by molar-refractivity contribution is 7.99. The Morgan fingerprint density at radius 3 is 3.00 bits per heavy atom. The van der Waals surface area contributed by atoms with E-state index in [9.17, 15) is 0 Å². The molecule has 1 aromatic carbocycles. The normalized spacial score (nSPS) is 12.8. The van der Waals surface area contributed by atoms with Gasteiger partial charge < -0.3 is 10.5 Å². The summed E-state index contributed by atoms with van der Waals surface area (Å²) in [6.45, 7) is 0.591. The molecule has 0 amide bonds. The number of halogens is 1. The fraction of sp³-hybridized carbons (Fsp3) is 0.400. The molecule has 2 N–H and O–H groups in total. The van der Waals surface area contributed by atoms with E-state index in [1.165, 1.54) is 0 Å². The van der Waals surface area contributed by atoms with Crippen molar-refractivity contribution in [3.8, 4) is 0 Å². The molecule has 0 saturated carbocycles. The Bertz CT molecular complexity index is 283. The van der Waals surface area contributed by atoms with Gasteiger partial charge in [-0.3, -0.25) is 0 Å². The quantitative estimate of drug-likeness (QED) is 0.791. The van der Waals surface area contributed by atoms with Gasteiger partial charge in [0.25, 0.3) is 0 Å². The summed E-state index contributed by atoms with van der Waals surface area (Å²) in [6.07, 6.45) is 0. The number of thioether (sulfide) groups is 1. The summed E-state index contributed by atoms with van der Waals surface area (Å²) in [4.78, 5) is 1.14. The van der Waals surface area contributed by atoms with E-state index >= 15 is 0 Å². The summed E-state index contributed by atoms with van der Waals surface area (Å²) in [5.41, 5.74) is 5.79. The van der Waals surface area contributed by atoms with E-state index in [0.717, 1.165) is 15.7 Å². The predicted octanol–water partition coefficient (Wildman–Crippen LogP) is 2.41. The molecular weight excluding hydrogens is 218 g/mol. The van der Waals surface area contributed by atoms with Gasteiger partial charge in [0.05, 0.1) is 6.61 Å². The van der Waals surface area contributed by atoms with Crippen LogP contribution in [0.2, 0.25) is 5.02 Å². The second-order valence-corrected chi connectivity index (χ2v) is 4.51. The molecule has 0 aliphatic heterocycles. The summed E-state index contributed by atoms with van der Waals surface area (Å²) in [5.74, 6) is 0.841. The molecule has 0 radical (unpaired) electrons. The Balaban J connectivity index is 2.37. The van der Waals surface area contributed by atoms with Crippen molar-refractivity contribution in [1.29, 1.82) is 0 Å². The molecule has 14 heavy (non-hydrogen) atoms. The van der Waals surface area contributed by atoms with Crippen LogP contribution in [0.25, 0.3) is 0 Å². The third-order valence-electron chi connectivity index (χ3n) is 1.64. The number of hydrogen-bond donors (Lipinski definition) is 1. The Hall–Kier alpha value is -0.220. The first-order valence-electron chi connectivity index (χ1n) is 4.35. The molecule has 0 spiro atoms. The maximum Gasteiger partial charge on any atom is 0.0621 e. The van der Waals surface area contributed by atoms with Crippen LogP contribution in [0.1, 0.15) is 0 Å². The smallest absolute Gasteiger partial charge is 0.0621 e. The van der Waals surface area contributed by atoms with Gasteiger partial charge in [-0.1, -0.05) is 17.7 Å². The topological polar surface area (TPSA) is 35.2 Å². The van der Waals surface area contributed by atoms with E-state index in [1.54, 1.807) is 18.9 Å². The van der Waals surface area contributed by atoms with Gasteiger partial charge in [0.1, 0.15) is 0 Å². The van der Waals surface area contributed by atoms with Crippen LogP contribution in [0.3, 0.4) is 0 Å². The second kappa shape index (κ2) is 6.30. The zero-order valence-corrected chi connectivity index (χ0v) is 9.65. The number of ether oxygens (including phenoxy) is 1. The van der Waals surface area contributed by atoms with Gasteiger partial charge in [0.2, 0.25) is 0 Å². The van der Waals surface area contributed by atoms with Crippen LogP contribution >= 0.6 is 23.4 Å². The zero-order chi connectivity index (χ0) is 10.4. The van der Waals surface area contributed by atoms with Crippen molar-refractivity contribution >= 4 is 23.4 Å². The molecule has 4 heteroatoms. The third-order valence-corrected chi connectivity index (χ3v) is 3.06. The number of benzene rings is 1. The Morgan fingerprint density at radius 1 is 1.57 bits per heavy atom. The van der Waals surface area contributed by atoms with Crippen LogP contribution in [0.15, 0.2) is 29.2 Å². The Morgan fingerprint density at radius 2 is 2.36 bits per heavy atom. The van der Waals surface area contributed by atoms with E-state index in [2.05, 4.69) is 0 Å². The van der Waals surface area contributed by atoms with Crippen LogP contribution in [0.5, 0.6) is 0 Å². The predicted molar refractivity (Wildman–Crippen MR) is 62.0 cm³/mol. The van der Waals surface area contributed by atoms with Gasteiger partial charge >= 0.3 is 0 Å². The largest absolute Gasteiger partial charge is 0.383 e. The molecule has 78 valence electrons. The SMILES string of the molecule is COCC(N)CSc1cccc(Cl)c1. The Labute approximate surface area is 93.8 Å². The fourth-order valence-corrected chi connectivity index (χ4v) is 2.17. The molecule has 0 aromatic heterocycles. The van der Waals surface area contributed by atoms with Crippen LogP contribution in [0.4, 0.5) is 0 Å². The molecular formula is C10H14ClNOS. The molecule has 1 aromatic rings. The van der Waals surface area contributed by atoms with Crippen LogP contribution in [0, 0.1) is 0 Å². The van der Waals surface area contributed by atoms with Gasteiger partial charge in [0.15, 0.2) is 0 Å². The van der Waals surface area contributed by atoms with Crippen molar-refractivity contribution in [2.75, 3.05) is 19.5 Å². The van der Waals surface area contributed by atoms with Gasteiger partial charge in [-0.25, -0.2) is 0 Å². The lowest BCUT2D eigenvalue weighted by atomic mass is 10.4. The molecule has 1 rings (SSSR count). The Kier molecular flexibility index (Phi) is 5.33. The maximum absolute atomic E-state index is 5.85. The number of methoxy groups -OCH3 is 1. The molecule has 0 aliphatic carbocycles. The van der Waals surface area contributed by atoms with E-state index < -0.39 is 0 Å². The first kappa shape index (κ1) is 11.9. The van der Waals surface area contributed by atoms with E-state index in [-0.39, 0.29) is 6.04 Å². The van der Waals surface area contributed by atoms with Crippen LogP contribution in [-0.2, 0) is 4.74 Å². The minimum Gasteiger partial charge on any atom is -0.383 e. The fourth-order valence-electron chi connectivity index (χ4n) is 1.02. The van der Waals surface area contributed by atoms with Gasteiger partial charge in [-0.05, 0) is 18.2 Å². The van der Waals surface area contributed by atoms with Crippen molar-refractivity contribution in [2.45, 2.75) is 10.9 Å². The lowest BCUT2D eigenvalue weighted by Gasteiger charge is -2.09. The molecule has 1 unspecified atom stereocenters. The van der Waals surface area contributed by atoms with Crippen molar-refractivity contribution in [1.82, 2.24) is 0 Å². The lowest BCUT2D eigenvalue weighted by molar-refractivity contribution is 0.186. The molecule has 1 atom stereocenters. The lowest BCUT2D eigenvalue weighted by Crippen LogP contribution is -2.27. The number of rotatable bonds is 5. The molecule has 2 nitrogen and oxygen atoms in total. The van der Waals surface area contributed by atoms with Gasteiger partial charge in [-0.2, -0.15) is 0 Å². The number of hydrogen-bond acceptors (Lipinski definition) is 3. The van der Waals surface area contributed by atoms with Crippen LogP contribution in [-0.4, -0.2) is 25.5 Å². The van der Waals surface area contributed by atoms with Gasteiger partial charge in [0, 0.05) is 28.8 Å². The average molecular weight is 232 g/mol. The second-order valence-electron chi connectivity index (χ2n) is 2.98. The minimum atomic E-state index is 0.0731. The molecule has 0 fully saturated rings. The van der Waals surface area contributed by atoms with Crippen molar-refractivity contribution in [3.63, 3.8) is 0 Å². The van der Waals surface area contributed by atoms with E-state index in [0.29, 0.717) is 6.61 Å². The highest BCUT2D eigenvalue weighted by Crippen LogP contribution is 2.21. The van der Waals surface area contributed by atoms with E-state index in [1.807, 2.05) is 24.3 Å². The van der Waals surface area contributed by atoms with Crippen molar-refractivity contribution in [3.05, 3.63) is 29.3 Å². The summed E-state index contributed by atoms with van der Waals surface area (Å²) in [5, 5.41) is 0.760. The zero-order valence-electron chi connectivity index (χ0n) is 8.07. The first-order valence-corrected chi connectivity index (χ1v) is 5.71. The third kappa shape index (κ3) is 4.33.